The van der Waals surface area contributed by atoms with Crippen molar-refractivity contribution in [3.63, 3.8) is 0 Å². The minimum absolute atomic E-state index is 0.118. The second-order valence-corrected chi connectivity index (χ2v) is 5.28. The van der Waals surface area contributed by atoms with Crippen LogP contribution in [0, 0.1) is 12.3 Å². The van der Waals surface area contributed by atoms with Crippen LogP contribution in [0.15, 0.2) is 60.7 Å². The van der Waals surface area contributed by atoms with Crippen molar-refractivity contribution in [2.45, 2.75) is 0 Å². The number of nitrogens with one attached hydrogen (secondary N) is 2. The van der Waals surface area contributed by atoms with Gasteiger partial charge in [-0.3, -0.25) is 9.59 Å². The fraction of sp³-hybridized carbons (Fsp3) is 0.0500. The topological polar surface area (TPSA) is 71.1 Å². The van der Waals surface area contributed by atoms with E-state index in [1.165, 1.54) is 0 Å². The molecule has 122 valence electrons. The molecule has 2 amide bonds. The van der Waals surface area contributed by atoms with E-state index in [0.717, 1.165) is 10.9 Å². The van der Waals surface area contributed by atoms with E-state index in [4.69, 9.17) is 6.42 Å². The maximum absolute atomic E-state index is 12.5. The molecular formula is C20H15N3O2. The summed E-state index contributed by atoms with van der Waals surface area (Å²) in [4.78, 5) is 29.0. The number of rotatable bonds is 4. The number of hydrogen-bond donors (Lipinski definition) is 2. The zero-order chi connectivity index (χ0) is 17.6. The number of carbonyl (C=O) groups excluding carboxylic acids is 2. The predicted octanol–water partition coefficient (Wildman–Crippen LogP) is 2.85. The molecule has 0 fully saturated rings. The van der Waals surface area contributed by atoms with E-state index in [0.29, 0.717) is 11.3 Å². The number of terminal acetylenes is 1. The summed E-state index contributed by atoms with van der Waals surface area (Å²) in [5.74, 6) is 1.61. The highest BCUT2D eigenvalue weighted by molar-refractivity contribution is 6.08. The monoisotopic (exact) mass is 329 g/mol. The van der Waals surface area contributed by atoms with Crippen LogP contribution in [0.1, 0.15) is 20.8 Å². The van der Waals surface area contributed by atoms with E-state index in [1.54, 1.807) is 30.3 Å². The summed E-state index contributed by atoms with van der Waals surface area (Å²) >= 11 is 0. The summed E-state index contributed by atoms with van der Waals surface area (Å²) in [5, 5.41) is 6.27. The Hall–Kier alpha value is -3.65. The maximum Gasteiger partial charge on any atom is 0.274 e. The fourth-order valence-electron chi connectivity index (χ4n) is 2.40. The Morgan fingerprint density at radius 2 is 1.72 bits per heavy atom. The number of anilines is 1. The lowest BCUT2D eigenvalue weighted by molar-refractivity contribution is 0.0959. The molecule has 3 rings (SSSR count). The van der Waals surface area contributed by atoms with Crippen molar-refractivity contribution >= 4 is 28.4 Å². The van der Waals surface area contributed by atoms with Crippen molar-refractivity contribution < 1.29 is 9.59 Å². The van der Waals surface area contributed by atoms with Crippen LogP contribution in [-0.2, 0) is 0 Å². The summed E-state index contributed by atoms with van der Waals surface area (Å²) in [5.41, 5.74) is 1.75. The molecule has 1 heterocycles. The molecule has 0 atom stereocenters. The number of benzene rings is 2. The van der Waals surface area contributed by atoms with Gasteiger partial charge in [-0.1, -0.05) is 42.3 Å². The van der Waals surface area contributed by atoms with Crippen LogP contribution in [0.2, 0.25) is 0 Å². The van der Waals surface area contributed by atoms with Crippen LogP contribution < -0.4 is 10.6 Å². The van der Waals surface area contributed by atoms with E-state index in [2.05, 4.69) is 21.5 Å². The third kappa shape index (κ3) is 3.65. The zero-order valence-electron chi connectivity index (χ0n) is 13.3. The Balaban J connectivity index is 1.85. The van der Waals surface area contributed by atoms with Gasteiger partial charge in [0.05, 0.1) is 23.3 Å². The molecular weight excluding hydrogens is 314 g/mol. The highest BCUT2D eigenvalue weighted by Gasteiger charge is 2.14. The Morgan fingerprint density at radius 3 is 2.56 bits per heavy atom. The molecule has 0 spiro atoms. The molecule has 5 heteroatoms. The van der Waals surface area contributed by atoms with Gasteiger partial charge in [0, 0.05) is 5.39 Å². The van der Waals surface area contributed by atoms with Crippen molar-refractivity contribution in [1.82, 2.24) is 10.3 Å². The lowest BCUT2D eigenvalue weighted by Crippen LogP contribution is -2.25. The van der Waals surface area contributed by atoms with Gasteiger partial charge in [-0.25, -0.2) is 4.98 Å². The fourth-order valence-corrected chi connectivity index (χ4v) is 2.40. The number of aromatic nitrogens is 1. The Bertz CT molecular complexity index is 989. The van der Waals surface area contributed by atoms with Crippen LogP contribution in [0.5, 0.6) is 0 Å². The minimum atomic E-state index is -0.386. The lowest BCUT2D eigenvalue weighted by Gasteiger charge is -2.10. The molecule has 2 aromatic carbocycles. The van der Waals surface area contributed by atoms with Crippen LogP contribution in [0.25, 0.3) is 10.9 Å². The van der Waals surface area contributed by atoms with Crippen molar-refractivity contribution in [3.05, 3.63) is 71.9 Å². The van der Waals surface area contributed by atoms with Gasteiger partial charge in [0.15, 0.2) is 0 Å². The molecule has 0 radical (unpaired) electrons. The number of para-hydroxylation sites is 2. The summed E-state index contributed by atoms with van der Waals surface area (Å²) < 4.78 is 0. The van der Waals surface area contributed by atoms with Gasteiger partial charge >= 0.3 is 0 Å². The van der Waals surface area contributed by atoms with Crippen molar-refractivity contribution in [1.29, 1.82) is 0 Å². The first-order valence-electron chi connectivity index (χ1n) is 7.67. The largest absolute Gasteiger partial charge is 0.341 e. The predicted molar refractivity (Wildman–Crippen MR) is 97.3 cm³/mol. The molecule has 1 aromatic heterocycles. The van der Waals surface area contributed by atoms with Gasteiger partial charge in [-0.15, -0.1) is 6.42 Å². The quantitative estimate of drug-likeness (QED) is 0.723. The SMILES string of the molecule is C#CCNC(=O)c1ccccc1NC(=O)c1ccc2ccccc2n1. The van der Waals surface area contributed by atoms with Crippen molar-refractivity contribution in [3.8, 4) is 12.3 Å². The molecule has 0 bridgehead atoms. The summed E-state index contributed by atoms with van der Waals surface area (Å²) in [7, 11) is 0. The van der Waals surface area contributed by atoms with Gasteiger partial charge in [0.2, 0.25) is 0 Å². The van der Waals surface area contributed by atoms with Gasteiger partial charge < -0.3 is 10.6 Å². The average molecular weight is 329 g/mol. The third-order valence-electron chi connectivity index (χ3n) is 3.60. The first-order valence-corrected chi connectivity index (χ1v) is 7.67. The van der Waals surface area contributed by atoms with Crippen LogP contribution in [-0.4, -0.2) is 23.3 Å². The van der Waals surface area contributed by atoms with E-state index in [9.17, 15) is 9.59 Å². The van der Waals surface area contributed by atoms with Gasteiger partial charge in [-0.05, 0) is 24.3 Å². The molecule has 5 nitrogen and oxygen atoms in total. The third-order valence-corrected chi connectivity index (χ3v) is 3.60. The molecule has 3 aromatic rings. The smallest absolute Gasteiger partial charge is 0.274 e. The summed E-state index contributed by atoms with van der Waals surface area (Å²) in [6.07, 6.45) is 5.15. The van der Waals surface area contributed by atoms with Gasteiger partial charge in [-0.2, -0.15) is 0 Å². The molecule has 0 aliphatic carbocycles. The zero-order valence-corrected chi connectivity index (χ0v) is 13.3. The summed E-state index contributed by atoms with van der Waals surface area (Å²) in [6.45, 7) is 0.118. The second kappa shape index (κ2) is 7.28. The molecule has 25 heavy (non-hydrogen) atoms. The highest BCUT2D eigenvalue weighted by Crippen LogP contribution is 2.17. The van der Waals surface area contributed by atoms with E-state index < -0.39 is 0 Å². The number of carbonyl (C=O) groups is 2. The normalized spacial score (nSPS) is 10.0. The summed E-state index contributed by atoms with van der Waals surface area (Å²) in [6, 6.07) is 17.8. The maximum atomic E-state index is 12.5. The highest BCUT2D eigenvalue weighted by atomic mass is 16.2. The average Bonchev–Trinajstić information content (AvgIpc) is 2.66. The van der Waals surface area contributed by atoms with Crippen LogP contribution >= 0.6 is 0 Å². The first kappa shape index (κ1) is 16.2. The van der Waals surface area contributed by atoms with Crippen molar-refractivity contribution in [2.24, 2.45) is 0 Å². The second-order valence-electron chi connectivity index (χ2n) is 5.28. The Labute approximate surface area is 145 Å². The van der Waals surface area contributed by atoms with Gasteiger partial charge in [0.1, 0.15) is 5.69 Å². The molecule has 0 aliphatic rings. The minimum Gasteiger partial charge on any atom is -0.341 e. The van der Waals surface area contributed by atoms with Crippen LogP contribution in [0.4, 0.5) is 5.69 Å². The number of hydrogen-bond acceptors (Lipinski definition) is 3. The number of amides is 2. The molecule has 0 aliphatic heterocycles. The number of pyridine rings is 1. The van der Waals surface area contributed by atoms with Gasteiger partial charge in [0.25, 0.3) is 11.8 Å². The van der Waals surface area contributed by atoms with E-state index in [-0.39, 0.29) is 24.1 Å². The Morgan fingerprint density at radius 1 is 0.960 bits per heavy atom. The first-order chi connectivity index (χ1) is 12.2. The molecule has 0 saturated heterocycles. The van der Waals surface area contributed by atoms with E-state index >= 15 is 0 Å². The molecule has 0 unspecified atom stereocenters. The molecule has 0 saturated carbocycles. The van der Waals surface area contributed by atoms with Crippen LogP contribution in [0.3, 0.4) is 0 Å². The standard InChI is InChI=1S/C20H15N3O2/c1-2-13-21-19(24)15-8-4-6-10-17(15)23-20(25)18-12-11-14-7-3-5-9-16(14)22-18/h1,3-12H,13H2,(H,21,24)(H,23,25). The molecule has 2 N–H and O–H groups in total. The number of fused-ring (bicyclic) bond motifs is 1. The lowest BCUT2D eigenvalue weighted by atomic mass is 10.1. The van der Waals surface area contributed by atoms with Crippen molar-refractivity contribution in [2.75, 3.05) is 11.9 Å². The number of nitrogens with zero attached hydrogens (tertiary/aromatic N) is 1. The Kier molecular flexibility index (Phi) is 4.72. The van der Waals surface area contributed by atoms with E-state index in [1.807, 2.05) is 30.3 Å².